The van der Waals surface area contributed by atoms with Crippen LogP contribution in [-0.2, 0) is 4.79 Å². The van der Waals surface area contributed by atoms with Crippen molar-refractivity contribution in [1.82, 2.24) is 0 Å². The highest BCUT2D eigenvalue weighted by Gasteiger charge is 2.17. The molecule has 3 heteroatoms. The van der Waals surface area contributed by atoms with Gasteiger partial charge in [-0.25, -0.2) is 0 Å². The Labute approximate surface area is 60.0 Å². The molecule has 0 aliphatic heterocycles. The van der Waals surface area contributed by atoms with Gasteiger partial charge in [0.15, 0.2) is 0 Å². The first-order chi connectivity index (χ1) is 4.59. The average Bonchev–Trinajstić information content (AvgIpc) is 1.87. The van der Waals surface area contributed by atoms with Gasteiger partial charge in [-0.1, -0.05) is 12.2 Å². The van der Waals surface area contributed by atoms with Gasteiger partial charge in [0.05, 0.1) is 12.0 Å². The number of hydrogen-bond acceptors (Lipinski definition) is 2. The van der Waals surface area contributed by atoms with Gasteiger partial charge in [0.1, 0.15) is 0 Å². The zero-order chi connectivity index (χ0) is 8.15. The highest BCUT2D eigenvalue weighted by molar-refractivity contribution is 5.70. The number of aliphatic hydroxyl groups is 1. The molecule has 0 heterocycles. The summed E-state index contributed by atoms with van der Waals surface area (Å²) in [5, 5.41) is 17.4. The zero-order valence-corrected chi connectivity index (χ0v) is 6.11. The molecule has 0 amide bonds. The summed E-state index contributed by atoms with van der Waals surface area (Å²) in [5.41, 5.74) is 0. The lowest BCUT2D eigenvalue weighted by atomic mass is 10.1. The molecule has 2 N–H and O–H groups in total. The first kappa shape index (κ1) is 9.17. The monoisotopic (exact) mass is 144 g/mol. The lowest BCUT2D eigenvalue weighted by Crippen LogP contribution is -2.23. The molecule has 0 radical (unpaired) electrons. The van der Waals surface area contributed by atoms with Crippen LogP contribution in [0.4, 0.5) is 0 Å². The lowest BCUT2D eigenvalue weighted by molar-refractivity contribution is -0.143. The first-order valence-electron chi connectivity index (χ1n) is 3.13. The van der Waals surface area contributed by atoms with Crippen LogP contribution in [0.5, 0.6) is 0 Å². The molecule has 0 aliphatic carbocycles. The Bertz CT molecular complexity index is 140. The lowest BCUT2D eigenvalue weighted by Gasteiger charge is -2.08. The fourth-order valence-corrected chi connectivity index (χ4v) is 0.510. The maximum Gasteiger partial charge on any atom is 0.309 e. The standard InChI is InChI=1S/C7H12O3/c1-3-4-6(8)5(2)7(9)10/h3-6,8H,1-2H3,(H,9,10)/b4-3+/t5-,6+/m1/s1. The van der Waals surface area contributed by atoms with Gasteiger partial charge in [-0.3, -0.25) is 4.79 Å². The van der Waals surface area contributed by atoms with Gasteiger partial charge in [-0.2, -0.15) is 0 Å². The summed E-state index contributed by atoms with van der Waals surface area (Å²) < 4.78 is 0. The van der Waals surface area contributed by atoms with E-state index in [-0.39, 0.29) is 0 Å². The normalized spacial score (nSPS) is 17.1. The Morgan fingerprint density at radius 2 is 2.10 bits per heavy atom. The summed E-state index contributed by atoms with van der Waals surface area (Å²) in [4.78, 5) is 10.2. The van der Waals surface area contributed by atoms with Crippen LogP contribution >= 0.6 is 0 Å². The number of carbonyl (C=O) groups is 1. The third-order valence-electron chi connectivity index (χ3n) is 1.29. The average molecular weight is 144 g/mol. The molecule has 0 spiro atoms. The van der Waals surface area contributed by atoms with E-state index in [0.29, 0.717) is 0 Å². The van der Waals surface area contributed by atoms with Crippen LogP contribution in [0.1, 0.15) is 13.8 Å². The summed E-state index contributed by atoms with van der Waals surface area (Å²) in [6.45, 7) is 3.20. The maximum absolute atomic E-state index is 10.2. The molecule has 0 aromatic rings. The van der Waals surface area contributed by atoms with Crippen molar-refractivity contribution in [3.63, 3.8) is 0 Å². The summed E-state index contributed by atoms with van der Waals surface area (Å²) in [7, 11) is 0. The molecule has 0 aliphatic rings. The summed E-state index contributed by atoms with van der Waals surface area (Å²) in [6.07, 6.45) is 2.21. The molecule has 3 nitrogen and oxygen atoms in total. The number of aliphatic carboxylic acids is 1. The predicted octanol–water partition coefficient (Wildman–Crippen LogP) is 0.644. The second-order valence-electron chi connectivity index (χ2n) is 2.14. The van der Waals surface area contributed by atoms with E-state index >= 15 is 0 Å². The van der Waals surface area contributed by atoms with Crippen molar-refractivity contribution >= 4 is 5.97 Å². The van der Waals surface area contributed by atoms with Crippen LogP contribution in [0.15, 0.2) is 12.2 Å². The number of rotatable bonds is 3. The molecule has 0 bridgehead atoms. The van der Waals surface area contributed by atoms with E-state index < -0.39 is 18.0 Å². The predicted molar refractivity (Wildman–Crippen MR) is 37.6 cm³/mol. The van der Waals surface area contributed by atoms with Crippen molar-refractivity contribution in [1.29, 1.82) is 0 Å². The minimum Gasteiger partial charge on any atom is -0.481 e. The van der Waals surface area contributed by atoms with E-state index in [1.165, 1.54) is 13.0 Å². The van der Waals surface area contributed by atoms with Gasteiger partial charge in [-0.05, 0) is 13.8 Å². The maximum atomic E-state index is 10.2. The molecule has 2 atom stereocenters. The fraction of sp³-hybridized carbons (Fsp3) is 0.571. The second-order valence-corrected chi connectivity index (χ2v) is 2.14. The number of carboxylic acids is 1. The molecule has 0 fully saturated rings. The second kappa shape index (κ2) is 4.06. The van der Waals surface area contributed by atoms with E-state index in [9.17, 15) is 4.79 Å². The number of aliphatic hydroxyl groups excluding tert-OH is 1. The van der Waals surface area contributed by atoms with Crippen LogP contribution in [-0.4, -0.2) is 22.3 Å². The Morgan fingerprint density at radius 3 is 2.40 bits per heavy atom. The van der Waals surface area contributed by atoms with Crippen LogP contribution in [0, 0.1) is 5.92 Å². The van der Waals surface area contributed by atoms with Gasteiger partial charge in [-0.15, -0.1) is 0 Å². The highest BCUT2D eigenvalue weighted by atomic mass is 16.4. The fourth-order valence-electron chi connectivity index (χ4n) is 0.510. The molecular formula is C7H12O3. The first-order valence-corrected chi connectivity index (χ1v) is 3.13. The topological polar surface area (TPSA) is 57.5 Å². The van der Waals surface area contributed by atoms with Gasteiger partial charge < -0.3 is 10.2 Å². The van der Waals surface area contributed by atoms with Crippen molar-refractivity contribution in [2.75, 3.05) is 0 Å². The van der Waals surface area contributed by atoms with E-state index in [1.807, 2.05) is 0 Å². The zero-order valence-electron chi connectivity index (χ0n) is 6.11. The Morgan fingerprint density at radius 1 is 1.60 bits per heavy atom. The van der Waals surface area contributed by atoms with Crippen LogP contribution in [0.2, 0.25) is 0 Å². The summed E-state index contributed by atoms with van der Waals surface area (Å²) >= 11 is 0. The third-order valence-corrected chi connectivity index (χ3v) is 1.29. The van der Waals surface area contributed by atoms with Crippen molar-refractivity contribution in [2.45, 2.75) is 20.0 Å². The van der Waals surface area contributed by atoms with Crippen molar-refractivity contribution in [2.24, 2.45) is 5.92 Å². The quantitative estimate of drug-likeness (QED) is 0.571. The minimum atomic E-state index is -0.981. The molecule has 0 saturated heterocycles. The van der Waals surface area contributed by atoms with Gasteiger partial charge in [0, 0.05) is 0 Å². The number of allylic oxidation sites excluding steroid dienone is 1. The van der Waals surface area contributed by atoms with Crippen molar-refractivity contribution < 1.29 is 15.0 Å². The molecule has 0 aromatic carbocycles. The minimum absolute atomic E-state index is 0.726. The molecule has 0 unspecified atom stereocenters. The smallest absolute Gasteiger partial charge is 0.309 e. The van der Waals surface area contributed by atoms with E-state index in [1.54, 1.807) is 13.0 Å². The molecule has 0 saturated carbocycles. The van der Waals surface area contributed by atoms with Gasteiger partial charge in [0.25, 0.3) is 0 Å². The van der Waals surface area contributed by atoms with Crippen LogP contribution in [0.25, 0.3) is 0 Å². The largest absolute Gasteiger partial charge is 0.481 e. The molecule has 10 heavy (non-hydrogen) atoms. The van der Waals surface area contributed by atoms with E-state index in [4.69, 9.17) is 10.2 Å². The Balaban J connectivity index is 3.93. The Kier molecular flexibility index (Phi) is 3.72. The van der Waals surface area contributed by atoms with Crippen LogP contribution < -0.4 is 0 Å². The van der Waals surface area contributed by atoms with Crippen LogP contribution in [0.3, 0.4) is 0 Å². The molecule has 0 rings (SSSR count). The molecule has 58 valence electrons. The van der Waals surface area contributed by atoms with E-state index in [2.05, 4.69) is 0 Å². The SMILES string of the molecule is C/C=C/[C@H](O)[C@@H](C)C(=O)O. The highest BCUT2D eigenvalue weighted by Crippen LogP contribution is 2.03. The molecular weight excluding hydrogens is 132 g/mol. The summed E-state index contributed by atoms with van der Waals surface area (Å²) in [5.74, 6) is -1.71. The van der Waals surface area contributed by atoms with Crippen molar-refractivity contribution in [3.8, 4) is 0 Å². The number of hydrogen-bond donors (Lipinski definition) is 2. The van der Waals surface area contributed by atoms with Crippen molar-refractivity contribution in [3.05, 3.63) is 12.2 Å². The third kappa shape index (κ3) is 2.64. The van der Waals surface area contributed by atoms with Gasteiger partial charge >= 0.3 is 5.97 Å². The number of carboxylic acid groups (broad SMARTS) is 1. The van der Waals surface area contributed by atoms with Gasteiger partial charge in [0.2, 0.25) is 0 Å². The Hall–Kier alpha value is -0.830. The molecule has 0 aromatic heterocycles. The summed E-state index contributed by atoms with van der Waals surface area (Å²) in [6, 6.07) is 0. The van der Waals surface area contributed by atoms with E-state index in [0.717, 1.165) is 0 Å².